The molecule has 0 aromatic heterocycles. The second kappa shape index (κ2) is 15.7. The van der Waals surface area contributed by atoms with Gasteiger partial charge in [-0.15, -0.1) is 0 Å². The number of ether oxygens (including phenoxy) is 5. The number of alkyl halides is 1. The Morgan fingerprint density at radius 1 is 0.653 bits per heavy atom. The first-order valence-corrected chi connectivity index (χ1v) is 17.0. The lowest BCUT2D eigenvalue weighted by molar-refractivity contribution is -0.138. The lowest BCUT2D eigenvalue weighted by atomic mass is 9.63. The van der Waals surface area contributed by atoms with E-state index < -0.39 is 29.4 Å². The molecule has 5 rings (SSSR count). The van der Waals surface area contributed by atoms with Gasteiger partial charge in [0, 0.05) is 30.8 Å². The third kappa shape index (κ3) is 7.05. The first-order chi connectivity index (χ1) is 23.7. The molecule has 0 heterocycles. The number of benzene rings is 4. The molecular formula is C38H37IN2O8. The second-order valence-electron chi connectivity index (χ2n) is 11.1. The number of carbonyl (C=O) groups excluding carboxylic acids is 3. The topological polar surface area (TPSA) is 121 Å². The van der Waals surface area contributed by atoms with Crippen LogP contribution in [0.3, 0.4) is 0 Å². The van der Waals surface area contributed by atoms with E-state index in [9.17, 15) is 14.4 Å². The largest absolute Gasteiger partial charge is 0.460 e. The van der Waals surface area contributed by atoms with E-state index in [0.717, 1.165) is 37.8 Å². The predicted molar refractivity (Wildman–Crippen MR) is 192 cm³/mol. The van der Waals surface area contributed by atoms with Crippen LogP contribution in [0.4, 0.5) is 9.59 Å². The molecule has 1 aliphatic carbocycles. The zero-order valence-corrected chi connectivity index (χ0v) is 29.6. The second-order valence-corrected chi connectivity index (χ2v) is 12.2. The Labute approximate surface area is 298 Å². The Balaban J connectivity index is 1.48. The van der Waals surface area contributed by atoms with Crippen LogP contribution in [-0.4, -0.2) is 56.5 Å². The number of fused-ring (bicyclic) bond motifs is 2. The lowest BCUT2D eigenvalue weighted by Crippen LogP contribution is -2.46. The summed E-state index contributed by atoms with van der Waals surface area (Å²) in [5.41, 5.74) is 3.32. The van der Waals surface area contributed by atoms with Gasteiger partial charge in [-0.2, -0.15) is 0 Å². The normalized spacial score (nSPS) is 17.6. The Hall–Kier alpha value is -4.72. The van der Waals surface area contributed by atoms with Crippen LogP contribution in [0, 0.1) is 0 Å². The zero-order valence-electron chi connectivity index (χ0n) is 27.4. The maximum absolute atomic E-state index is 12.4. The van der Waals surface area contributed by atoms with Crippen LogP contribution in [0.15, 0.2) is 109 Å². The van der Waals surface area contributed by atoms with E-state index in [4.69, 9.17) is 23.7 Å². The number of hydrogen-bond acceptors (Lipinski definition) is 8. The lowest BCUT2D eigenvalue weighted by Gasteiger charge is -2.48. The van der Waals surface area contributed by atoms with Crippen molar-refractivity contribution in [1.82, 2.24) is 10.6 Å². The van der Waals surface area contributed by atoms with Crippen LogP contribution in [0.25, 0.3) is 0 Å². The molecule has 0 spiro atoms. The molecule has 4 aromatic rings. The number of methoxy groups -OCH3 is 2. The van der Waals surface area contributed by atoms with Gasteiger partial charge in [0.15, 0.2) is 0 Å². The number of amides is 2. The number of carbonyl (C=O) groups is 3. The number of nitrogens with one attached hydrogen (secondary N) is 2. The van der Waals surface area contributed by atoms with Crippen molar-refractivity contribution in [2.45, 2.75) is 18.1 Å². The first-order valence-electron chi connectivity index (χ1n) is 15.5. The van der Waals surface area contributed by atoms with Crippen LogP contribution in [0.2, 0.25) is 0 Å². The van der Waals surface area contributed by atoms with Gasteiger partial charge in [-0.1, -0.05) is 102 Å². The van der Waals surface area contributed by atoms with Crippen LogP contribution in [-0.2, 0) is 30.2 Å². The third-order valence-corrected chi connectivity index (χ3v) is 8.78. The molecule has 10 nitrogen and oxygen atoms in total. The van der Waals surface area contributed by atoms with Crippen LogP contribution >= 0.6 is 22.6 Å². The van der Waals surface area contributed by atoms with Gasteiger partial charge < -0.3 is 34.3 Å². The molecule has 11 heteroatoms. The molecular weight excluding hydrogens is 739 g/mol. The van der Waals surface area contributed by atoms with E-state index in [0.29, 0.717) is 18.0 Å². The highest BCUT2D eigenvalue weighted by molar-refractivity contribution is 14.1. The number of esters is 1. The van der Waals surface area contributed by atoms with Crippen molar-refractivity contribution >= 4 is 40.7 Å². The summed E-state index contributed by atoms with van der Waals surface area (Å²) in [5, 5.41) is 5.28. The Morgan fingerprint density at radius 3 is 1.39 bits per heavy atom. The minimum atomic E-state index is -1.05. The van der Waals surface area contributed by atoms with Gasteiger partial charge in [-0.3, -0.25) is 0 Å². The average Bonchev–Trinajstić information content (AvgIpc) is 3.12. The first kappa shape index (κ1) is 35.6. The fraction of sp³-hybridized carbons (Fsp3) is 0.237. The molecule has 4 aromatic carbocycles. The smallest absolute Gasteiger partial charge is 0.412 e. The van der Waals surface area contributed by atoms with Crippen LogP contribution in [0.5, 0.6) is 11.5 Å². The molecule has 0 fully saturated rings. The average molecular weight is 777 g/mol. The van der Waals surface area contributed by atoms with Gasteiger partial charge >= 0.3 is 18.2 Å². The summed E-state index contributed by atoms with van der Waals surface area (Å²) < 4.78 is 29.8. The van der Waals surface area contributed by atoms with Crippen LogP contribution in [0.1, 0.15) is 40.3 Å². The summed E-state index contributed by atoms with van der Waals surface area (Å²) in [6.07, 6.45) is -1.20. The van der Waals surface area contributed by atoms with Gasteiger partial charge in [0.1, 0.15) is 29.3 Å². The van der Waals surface area contributed by atoms with Crippen molar-refractivity contribution in [1.29, 1.82) is 0 Å². The highest BCUT2D eigenvalue weighted by Crippen LogP contribution is 2.56. The summed E-state index contributed by atoms with van der Waals surface area (Å²) in [4.78, 5) is 36.2. The molecule has 0 unspecified atom stereocenters. The molecule has 0 bridgehead atoms. The molecule has 2 N–H and O–H groups in total. The number of rotatable bonds is 12. The van der Waals surface area contributed by atoms with E-state index in [1.165, 1.54) is 0 Å². The summed E-state index contributed by atoms with van der Waals surface area (Å²) in [7, 11) is 3.35. The van der Waals surface area contributed by atoms with Crippen molar-refractivity contribution in [3.63, 3.8) is 0 Å². The Bertz CT molecular complexity index is 1780. The maximum Gasteiger partial charge on any atom is 0.412 e. The van der Waals surface area contributed by atoms with Crippen molar-refractivity contribution < 1.29 is 38.1 Å². The van der Waals surface area contributed by atoms with E-state index in [2.05, 4.69) is 39.8 Å². The van der Waals surface area contributed by atoms with E-state index in [-0.39, 0.29) is 18.7 Å². The van der Waals surface area contributed by atoms with E-state index in [1.807, 2.05) is 72.8 Å². The minimum Gasteiger partial charge on any atom is -0.460 e. The SMILES string of the molecule is C=C(C)C(=O)OCCNC(=O)Oc1ccc(C2(OC)c3ccccc3C(OC)(c3ccc(OC(=O)NCCI)cc3)c3ccccc32)cc1. The van der Waals surface area contributed by atoms with Crippen LogP contribution < -0.4 is 20.1 Å². The molecule has 254 valence electrons. The summed E-state index contributed by atoms with van der Waals surface area (Å²) in [5.74, 6) is 0.203. The van der Waals surface area contributed by atoms with Crippen molar-refractivity contribution in [2.24, 2.45) is 0 Å². The number of halogens is 1. The maximum atomic E-state index is 12.4. The zero-order chi connectivity index (χ0) is 35.0. The molecule has 1 aliphatic rings. The van der Waals surface area contributed by atoms with Gasteiger partial charge in [0.25, 0.3) is 0 Å². The summed E-state index contributed by atoms with van der Waals surface area (Å²) in [6, 6.07) is 30.4. The van der Waals surface area contributed by atoms with E-state index >= 15 is 0 Å². The van der Waals surface area contributed by atoms with Gasteiger partial charge in [-0.05, 0) is 64.6 Å². The number of hydrogen-bond donors (Lipinski definition) is 2. The molecule has 0 aliphatic heterocycles. The minimum absolute atomic E-state index is 0.00817. The molecule has 0 radical (unpaired) electrons. The molecule has 0 atom stereocenters. The quantitative estimate of drug-likeness (QED) is 0.0543. The monoisotopic (exact) mass is 776 g/mol. The predicted octanol–water partition coefficient (Wildman–Crippen LogP) is 6.61. The van der Waals surface area contributed by atoms with Gasteiger partial charge in [0.2, 0.25) is 0 Å². The Morgan fingerprint density at radius 2 is 1.04 bits per heavy atom. The Kier molecular flexibility index (Phi) is 11.4. The highest BCUT2D eigenvalue weighted by Gasteiger charge is 2.53. The van der Waals surface area contributed by atoms with Gasteiger partial charge in [0.05, 0.1) is 6.54 Å². The fourth-order valence-corrected chi connectivity index (χ4v) is 6.42. The van der Waals surface area contributed by atoms with Gasteiger partial charge in [-0.25, -0.2) is 14.4 Å². The highest BCUT2D eigenvalue weighted by atomic mass is 127. The summed E-state index contributed by atoms with van der Waals surface area (Å²) >= 11 is 2.18. The van der Waals surface area contributed by atoms with Crippen molar-refractivity contribution in [3.05, 3.63) is 143 Å². The van der Waals surface area contributed by atoms with E-state index in [1.54, 1.807) is 45.4 Å². The molecule has 0 saturated carbocycles. The third-order valence-electron chi connectivity index (χ3n) is 8.24. The molecule has 0 saturated heterocycles. The fourth-order valence-electron chi connectivity index (χ4n) is 6.15. The standard InChI is InChI=1S/C38H37IN2O8/c1-25(2)34(42)47-24-23-41-36(44)49-29-19-15-27(16-20-29)38(46-4)32-11-7-5-9-30(32)37(45-3,31-10-6-8-12-33(31)38)26-13-17-28(18-14-26)48-35(43)40-22-21-39/h5-20H,1,21-24H2,2-4H3,(H,40,43)(H,41,44). The molecule has 49 heavy (non-hydrogen) atoms. The molecule has 2 amide bonds. The van der Waals surface area contributed by atoms with Crippen molar-refractivity contribution in [3.8, 4) is 11.5 Å². The summed E-state index contributed by atoms with van der Waals surface area (Å²) in [6.45, 7) is 5.67. The van der Waals surface area contributed by atoms with Crippen molar-refractivity contribution in [2.75, 3.05) is 38.3 Å².